The fraction of sp³-hybridized carbons (Fsp3) is 0.231. The third-order valence-electron chi connectivity index (χ3n) is 4.85. The molecule has 32 heavy (non-hydrogen) atoms. The van der Waals surface area contributed by atoms with Crippen molar-refractivity contribution in [2.45, 2.75) is 26.7 Å². The number of halogens is 1. The first-order chi connectivity index (χ1) is 15.4. The molecule has 166 valence electrons. The standard InChI is InChI=1S/C26H26ClNO4/c1-3-31-25(29)17-20-6-13-24(18(2)16-20)32-23-11-7-21(8-12-23)26(30)28-15-14-19-4-9-22(27)10-5-19/h4-13,16H,3,14-15,17H2,1-2H3,(H,28,30). The van der Waals surface area contributed by atoms with Crippen LogP contribution in [0.2, 0.25) is 5.02 Å². The molecule has 0 atom stereocenters. The second kappa shape index (κ2) is 11.3. The van der Waals surface area contributed by atoms with Gasteiger partial charge in [0.2, 0.25) is 0 Å². The van der Waals surface area contributed by atoms with Gasteiger partial charge in [0.05, 0.1) is 13.0 Å². The van der Waals surface area contributed by atoms with E-state index in [4.69, 9.17) is 21.1 Å². The number of hydrogen-bond acceptors (Lipinski definition) is 4. The van der Waals surface area contributed by atoms with Gasteiger partial charge in [-0.2, -0.15) is 0 Å². The van der Waals surface area contributed by atoms with Crippen LogP contribution in [0.4, 0.5) is 0 Å². The van der Waals surface area contributed by atoms with Crippen LogP contribution in [0.3, 0.4) is 0 Å². The van der Waals surface area contributed by atoms with Gasteiger partial charge in [-0.15, -0.1) is 0 Å². The van der Waals surface area contributed by atoms with Crippen LogP contribution >= 0.6 is 11.6 Å². The number of ether oxygens (including phenoxy) is 2. The number of aryl methyl sites for hydroxylation is 1. The molecule has 0 aliphatic rings. The molecule has 3 aromatic carbocycles. The molecule has 6 heteroatoms. The van der Waals surface area contributed by atoms with Crippen LogP contribution in [0.5, 0.6) is 11.5 Å². The lowest BCUT2D eigenvalue weighted by molar-refractivity contribution is -0.142. The van der Waals surface area contributed by atoms with Crippen molar-refractivity contribution in [2.24, 2.45) is 0 Å². The number of hydrogen-bond donors (Lipinski definition) is 1. The minimum atomic E-state index is -0.248. The topological polar surface area (TPSA) is 64.6 Å². The Labute approximate surface area is 193 Å². The van der Waals surface area contributed by atoms with Crippen LogP contribution in [0.25, 0.3) is 0 Å². The maximum absolute atomic E-state index is 12.4. The van der Waals surface area contributed by atoms with E-state index >= 15 is 0 Å². The first kappa shape index (κ1) is 23.4. The number of rotatable bonds is 9. The molecule has 3 aromatic rings. The number of nitrogens with one attached hydrogen (secondary N) is 1. The van der Waals surface area contributed by atoms with E-state index in [-0.39, 0.29) is 18.3 Å². The Morgan fingerprint density at radius 3 is 2.28 bits per heavy atom. The number of esters is 1. The van der Waals surface area contributed by atoms with E-state index in [0.29, 0.717) is 35.2 Å². The summed E-state index contributed by atoms with van der Waals surface area (Å²) in [5.74, 6) is 0.939. The van der Waals surface area contributed by atoms with Crippen molar-refractivity contribution < 1.29 is 19.1 Å². The van der Waals surface area contributed by atoms with Crippen LogP contribution in [0.1, 0.15) is 34.0 Å². The van der Waals surface area contributed by atoms with E-state index in [1.165, 1.54) is 0 Å². The maximum atomic E-state index is 12.4. The summed E-state index contributed by atoms with van der Waals surface area (Å²) < 4.78 is 10.9. The molecule has 0 heterocycles. The molecule has 3 rings (SSSR count). The predicted octanol–water partition coefficient (Wildman–Crippen LogP) is 5.52. The van der Waals surface area contributed by atoms with Crippen molar-refractivity contribution in [3.05, 3.63) is 94.0 Å². The molecule has 0 aromatic heterocycles. The molecule has 0 saturated heterocycles. The second-order valence-electron chi connectivity index (χ2n) is 7.34. The number of carbonyl (C=O) groups is 2. The fourth-order valence-corrected chi connectivity index (χ4v) is 3.32. The van der Waals surface area contributed by atoms with Crippen molar-refractivity contribution in [1.29, 1.82) is 0 Å². The van der Waals surface area contributed by atoms with E-state index in [2.05, 4.69) is 5.32 Å². The minimum Gasteiger partial charge on any atom is -0.466 e. The van der Waals surface area contributed by atoms with Gasteiger partial charge < -0.3 is 14.8 Å². The molecular weight excluding hydrogens is 426 g/mol. The first-order valence-corrected chi connectivity index (χ1v) is 10.9. The Balaban J connectivity index is 1.53. The van der Waals surface area contributed by atoms with Crippen LogP contribution in [0.15, 0.2) is 66.7 Å². The Bertz CT molecular complexity index is 1060. The third kappa shape index (κ3) is 6.86. The summed E-state index contributed by atoms with van der Waals surface area (Å²) in [5.41, 5.74) is 3.46. The normalized spacial score (nSPS) is 10.5. The molecule has 5 nitrogen and oxygen atoms in total. The van der Waals surface area contributed by atoms with Crippen LogP contribution in [0, 0.1) is 6.92 Å². The average Bonchev–Trinajstić information content (AvgIpc) is 2.77. The van der Waals surface area contributed by atoms with Gasteiger partial charge in [-0.05, 0) is 79.4 Å². The van der Waals surface area contributed by atoms with E-state index in [1.54, 1.807) is 31.2 Å². The Morgan fingerprint density at radius 1 is 0.938 bits per heavy atom. The highest BCUT2D eigenvalue weighted by atomic mass is 35.5. The van der Waals surface area contributed by atoms with Gasteiger partial charge in [0.15, 0.2) is 0 Å². The maximum Gasteiger partial charge on any atom is 0.310 e. The zero-order valence-corrected chi connectivity index (χ0v) is 18.9. The van der Waals surface area contributed by atoms with E-state index in [9.17, 15) is 9.59 Å². The Hall–Kier alpha value is -3.31. The number of benzene rings is 3. The molecule has 0 radical (unpaired) electrons. The first-order valence-electron chi connectivity index (χ1n) is 10.5. The molecule has 1 amide bonds. The van der Waals surface area contributed by atoms with Crippen LogP contribution in [-0.4, -0.2) is 25.0 Å². The van der Waals surface area contributed by atoms with Gasteiger partial charge >= 0.3 is 5.97 Å². The molecule has 0 saturated carbocycles. The van der Waals surface area contributed by atoms with Gasteiger partial charge in [0, 0.05) is 17.1 Å². The summed E-state index contributed by atoms with van der Waals surface area (Å²) in [6.45, 7) is 4.62. The van der Waals surface area contributed by atoms with Gasteiger partial charge in [-0.25, -0.2) is 0 Å². The molecule has 0 aliphatic carbocycles. The number of carbonyl (C=O) groups excluding carboxylic acids is 2. The monoisotopic (exact) mass is 451 g/mol. The van der Waals surface area contributed by atoms with Crippen molar-refractivity contribution in [3.8, 4) is 11.5 Å². The second-order valence-corrected chi connectivity index (χ2v) is 7.78. The number of amides is 1. The summed E-state index contributed by atoms with van der Waals surface area (Å²) in [6.07, 6.45) is 0.965. The highest BCUT2D eigenvalue weighted by Crippen LogP contribution is 2.26. The van der Waals surface area contributed by atoms with Crippen LogP contribution < -0.4 is 10.1 Å². The van der Waals surface area contributed by atoms with Crippen molar-refractivity contribution in [1.82, 2.24) is 5.32 Å². The van der Waals surface area contributed by atoms with Crippen molar-refractivity contribution >= 4 is 23.5 Å². The molecular formula is C26H26ClNO4. The lowest BCUT2D eigenvalue weighted by Crippen LogP contribution is -2.25. The van der Waals surface area contributed by atoms with Crippen molar-refractivity contribution in [3.63, 3.8) is 0 Å². The summed E-state index contributed by atoms with van der Waals surface area (Å²) in [7, 11) is 0. The zero-order valence-electron chi connectivity index (χ0n) is 18.2. The van der Waals surface area contributed by atoms with Gasteiger partial charge in [-0.1, -0.05) is 35.9 Å². The Morgan fingerprint density at radius 2 is 1.62 bits per heavy atom. The predicted molar refractivity (Wildman–Crippen MR) is 126 cm³/mol. The highest BCUT2D eigenvalue weighted by molar-refractivity contribution is 6.30. The zero-order chi connectivity index (χ0) is 22.9. The summed E-state index contributed by atoms with van der Waals surface area (Å²) in [4.78, 5) is 24.0. The van der Waals surface area contributed by atoms with Gasteiger partial charge in [0.25, 0.3) is 5.91 Å². The smallest absolute Gasteiger partial charge is 0.310 e. The quantitative estimate of drug-likeness (QED) is 0.435. The Kier molecular flexibility index (Phi) is 8.28. The lowest BCUT2D eigenvalue weighted by atomic mass is 10.1. The molecule has 0 fully saturated rings. The van der Waals surface area contributed by atoms with Gasteiger partial charge in [-0.3, -0.25) is 9.59 Å². The lowest BCUT2D eigenvalue weighted by Gasteiger charge is -2.11. The largest absolute Gasteiger partial charge is 0.466 e. The minimum absolute atomic E-state index is 0.134. The van der Waals surface area contributed by atoms with E-state index in [0.717, 1.165) is 23.1 Å². The fourth-order valence-electron chi connectivity index (χ4n) is 3.19. The molecule has 0 bridgehead atoms. The van der Waals surface area contributed by atoms with E-state index < -0.39 is 0 Å². The SMILES string of the molecule is CCOC(=O)Cc1ccc(Oc2ccc(C(=O)NCCc3ccc(Cl)cc3)cc2)c(C)c1. The summed E-state index contributed by atoms with van der Waals surface area (Å²) >= 11 is 5.89. The average molecular weight is 452 g/mol. The molecule has 0 spiro atoms. The summed E-state index contributed by atoms with van der Waals surface area (Å²) in [5, 5.41) is 3.62. The van der Waals surface area contributed by atoms with Gasteiger partial charge in [0.1, 0.15) is 11.5 Å². The van der Waals surface area contributed by atoms with Crippen LogP contribution in [-0.2, 0) is 22.4 Å². The molecule has 1 N–H and O–H groups in total. The summed E-state index contributed by atoms with van der Waals surface area (Å²) in [6, 6.07) is 20.2. The van der Waals surface area contributed by atoms with E-state index in [1.807, 2.05) is 49.4 Å². The molecule has 0 aliphatic heterocycles. The van der Waals surface area contributed by atoms with Crippen molar-refractivity contribution in [2.75, 3.05) is 13.2 Å². The third-order valence-corrected chi connectivity index (χ3v) is 5.10. The highest BCUT2D eigenvalue weighted by Gasteiger charge is 2.09. The molecule has 0 unspecified atom stereocenters.